The lowest BCUT2D eigenvalue weighted by Crippen LogP contribution is -1.88. The number of aromatic amines is 1. The number of H-pyrrole nitrogens is 1. The number of fused-ring (bicyclic) bond motifs is 1. The molecular formula is C17H14N4O. The molecule has 2 N–H and O–H groups in total. The molecule has 0 saturated carbocycles. The van der Waals surface area contributed by atoms with E-state index >= 15 is 0 Å². The summed E-state index contributed by atoms with van der Waals surface area (Å²) in [6.45, 7) is 0. The van der Waals surface area contributed by atoms with Gasteiger partial charge in [-0.3, -0.25) is 10.1 Å². The van der Waals surface area contributed by atoms with Crippen LogP contribution in [0.25, 0.3) is 22.5 Å². The van der Waals surface area contributed by atoms with Gasteiger partial charge in [0.15, 0.2) is 0 Å². The Bertz CT molecular complexity index is 786. The van der Waals surface area contributed by atoms with Gasteiger partial charge < -0.3 is 5.11 Å². The third kappa shape index (κ3) is 3.09. The molecule has 108 valence electrons. The first-order valence-electron chi connectivity index (χ1n) is 6.79. The number of benzene rings is 2. The van der Waals surface area contributed by atoms with E-state index in [2.05, 4.69) is 20.4 Å². The van der Waals surface area contributed by atoms with Gasteiger partial charge in [-0.15, -0.1) is 5.10 Å². The van der Waals surface area contributed by atoms with Crippen LogP contribution in [0.1, 0.15) is 0 Å². The van der Waals surface area contributed by atoms with Crippen molar-refractivity contribution in [3.05, 3.63) is 73.1 Å². The zero-order valence-electron chi connectivity index (χ0n) is 11.7. The number of phenols is 1. The maximum absolute atomic E-state index is 9.56. The highest BCUT2D eigenvalue weighted by molar-refractivity contribution is 5.69. The van der Waals surface area contributed by atoms with Crippen LogP contribution in [0.3, 0.4) is 0 Å². The molecule has 0 bridgehead atoms. The number of rotatable bonds is 1. The molecule has 0 aliphatic carbocycles. The molecule has 0 radical (unpaired) electrons. The Kier molecular flexibility index (Phi) is 4.06. The Balaban J connectivity index is 0.000000139. The van der Waals surface area contributed by atoms with Crippen molar-refractivity contribution in [3.63, 3.8) is 0 Å². The molecule has 4 rings (SSSR count). The number of hydrogen-bond donors (Lipinski definition) is 2. The lowest BCUT2D eigenvalue weighted by atomic mass is 10.1. The molecule has 2 heterocycles. The van der Waals surface area contributed by atoms with E-state index in [9.17, 15) is 5.11 Å². The summed E-state index contributed by atoms with van der Waals surface area (Å²) in [4.78, 5) is 3.98. The van der Waals surface area contributed by atoms with Gasteiger partial charge in [0.2, 0.25) is 0 Å². The summed E-state index contributed by atoms with van der Waals surface area (Å²) in [6, 6.07) is 19.0. The van der Waals surface area contributed by atoms with Gasteiger partial charge in [0.1, 0.15) is 11.4 Å². The molecule has 0 aromatic heterocycles. The Morgan fingerprint density at radius 1 is 0.864 bits per heavy atom. The van der Waals surface area contributed by atoms with E-state index in [0.717, 1.165) is 22.5 Å². The molecule has 2 aromatic rings. The summed E-state index contributed by atoms with van der Waals surface area (Å²) in [6.07, 6.45) is 3.33. The van der Waals surface area contributed by atoms with Gasteiger partial charge in [0.05, 0.1) is 11.9 Å². The minimum atomic E-state index is 0.328. The molecule has 0 unspecified atom stereocenters. The highest BCUT2D eigenvalue weighted by Crippen LogP contribution is 2.27. The molecule has 5 nitrogen and oxygen atoms in total. The van der Waals surface area contributed by atoms with Gasteiger partial charge in [-0.1, -0.05) is 53.7 Å². The summed E-state index contributed by atoms with van der Waals surface area (Å²) < 4.78 is 0. The fraction of sp³-hybridized carbons (Fsp3) is 0. The van der Waals surface area contributed by atoms with Crippen LogP contribution in [0.4, 0.5) is 0 Å². The molecule has 0 saturated heterocycles. The van der Waals surface area contributed by atoms with Crippen molar-refractivity contribution in [3.8, 4) is 28.3 Å². The van der Waals surface area contributed by atoms with E-state index in [1.165, 1.54) is 0 Å². The molecule has 0 amide bonds. The highest BCUT2D eigenvalue weighted by atomic mass is 16.3. The first-order chi connectivity index (χ1) is 10.8. The fourth-order valence-corrected chi connectivity index (χ4v) is 2.05. The topological polar surface area (TPSA) is 74.7 Å². The number of aromatic hydroxyl groups is 1. The van der Waals surface area contributed by atoms with Crippen LogP contribution in [0.5, 0.6) is 5.75 Å². The molecule has 0 spiro atoms. The number of phenolic OH excluding ortho intramolecular Hbond substituents is 1. The molecule has 0 fully saturated rings. The molecule has 2 aliphatic heterocycles. The summed E-state index contributed by atoms with van der Waals surface area (Å²) in [5.74, 6) is 0.328. The smallest absolute Gasteiger partial charge is 0.123 e. The third-order valence-electron chi connectivity index (χ3n) is 3.13. The second kappa shape index (κ2) is 6.49. The molecule has 5 heteroatoms. The monoisotopic (exact) mass is 290 g/mol. The van der Waals surface area contributed by atoms with Crippen molar-refractivity contribution < 1.29 is 5.11 Å². The largest absolute Gasteiger partial charge is 0.507 e. The van der Waals surface area contributed by atoms with Crippen molar-refractivity contribution in [1.82, 2.24) is 20.4 Å². The number of para-hydroxylation sites is 1. The number of hydrogen-bond acceptors (Lipinski definition) is 4. The van der Waals surface area contributed by atoms with E-state index in [1.54, 1.807) is 18.5 Å². The van der Waals surface area contributed by atoms with Crippen LogP contribution in [0, 0.1) is 0 Å². The van der Waals surface area contributed by atoms with Crippen LogP contribution in [0.15, 0.2) is 73.1 Å². The molecular weight excluding hydrogens is 276 g/mol. The van der Waals surface area contributed by atoms with Crippen LogP contribution in [-0.2, 0) is 0 Å². The predicted octanol–water partition coefficient (Wildman–Crippen LogP) is 3.36. The Morgan fingerprint density at radius 2 is 1.64 bits per heavy atom. The number of nitrogens with zero attached hydrogens (tertiary/aromatic N) is 3. The Hall–Kier alpha value is -3.21. The minimum Gasteiger partial charge on any atom is -0.507 e. The molecule has 22 heavy (non-hydrogen) atoms. The van der Waals surface area contributed by atoms with Crippen LogP contribution in [-0.4, -0.2) is 25.5 Å². The van der Waals surface area contributed by atoms with E-state index in [0.29, 0.717) is 5.75 Å². The van der Waals surface area contributed by atoms with E-state index in [4.69, 9.17) is 0 Å². The fourth-order valence-electron chi connectivity index (χ4n) is 2.05. The first-order valence-corrected chi connectivity index (χ1v) is 6.79. The van der Waals surface area contributed by atoms with Gasteiger partial charge in [-0.2, -0.15) is 0 Å². The van der Waals surface area contributed by atoms with Crippen molar-refractivity contribution in [2.75, 3.05) is 0 Å². The zero-order chi connectivity index (χ0) is 15.2. The predicted molar refractivity (Wildman–Crippen MR) is 84.3 cm³/mol. The van der Waals surface area contributed by atoms with Gasteiger partial charge >= 0.3 is 0 Å². The van der Waals surface area contributed by atoms with E-state index in [-0.39, 0.29) is 0 Å². The average molecular weight is 290 g/mol. The summed E-state index contributed by atoms with van der Waals surface area (Å²) in [5, 5.41) is 19.5. The second-order valence-electron chi connectivity index (χ2n) is 4.58. The standard InChI is InChI=1S/C12H10O.C5H4N4/c13-12-9-5-4-8-11(12)10-6-2-1-3-7-10;1-2-6-5-3-7-9-8-4(1)5/h1-9,13H;1-3H,(H,7,8). The molecule has 2 aliphatic rings. The van der Waals surface area contributed by atoms with Crippen molar-refractivity contribution in [1.29, 1.82) is 0 Å². The maximum Gasteiger partial charge on any atom is 0.123 e. The van der Waals surface area contributed by atoms with Crippen molar-refractivity contribution in [2.45, 2.75) is 0 Å². The summed E-state index contributed by atoms with van der Waals surface area (Å²) >= 11 is 0. The van der Waals surface area contributed by atoms with Crippen molar-refractivity contribution in [2.24, 2.45) is 0 Å². The normalized spacial score (nSPS) is 10.0. The number of aromatic nitrogens is 4. The summed E-state index contributed by atoms with van der Waals surface area (Å²) in [7, 11) is 0. The van der Waals surface area contributed by atoms with Crippen LogP contribution < -0.4 is 0 Å². The molecule has 0 atom stereocenters. The second-order valence-corrected chi connectivity index (χ2v) is 4.58. The van der Waals surface area contributed by atoms with Gasteiger partial charge in [-0.05, 0) is 17.7 Å². The zero-order valence-corrected chi connectivity index (χ0v) is 11.7. The van der Waals surface area contributed by atoms with Gasteiger partial charge in [-0.25, -0.2) is 0 Å². The SMILES string of the molecule is Oc1ccccc1-c1ccccc1.c1cc2[nH]nncc-2n1. The van der Waals surface area contributed by atoms with Crippen LogP contribution in [0.2, 0.25) is 0 Å². The quantitative estimate of drug-likeness (QED) is 0.563. The third-order valence-corrected chi connectivity index (χ3v) is 3.13. The Labute approximate surface area is 127 Å². The van der Waals surface area contributed by atoms with E-state index < -0.39 is 0 Å². The number of nitrogens with one attached hydrogen (secondary N) is 1. The summed E-state index contributed by atoms with van der Waals surface area (Å²) in [5.41, 5.74) is 3.69. The highest BCUT2D eigenvalue weighted by Gasteiger charge is 2.01. The molecule has 2 aromatic carbocycles. The van der Waals surface area contributed by atoms with Gasteiger partial charge in [0.25, 0.3) is 0 Å². The lowest BCUT2D eigenvalue weighted by Gasteiger charge is -2.02. The Morgan fingerprint density at radius 3 is 2.41 bits per heavy atom. The average Bonchev–Trinajstić information content (AvgIpc) is 3.05. The van der Waals surface area contributed by atoms with Crippen molar-refractivity contribution >= 4 is 0 Å². The first kappa shape index (κ1) is 13.8. The van der Waals surface area contributed by atoms with Crippen LogP contribution >= 0.6 is 0 Å². The lowest BCUT2D eigenvalue weighted by molar-refractivity contribution is 0.477. The minimum absolute atomic E-state index is 0.328. The maximum atomic E-state index is 9.56. The van der Waals surface area contributed by atoms with E-state index in [1.807, 2.05) is 54.6 Å². The van der Waals surface area contributed by atoms with Gasteiger partial charge in [0, 0.05) is 11.8 Å².